The Balaban J connectivity index is 1.55. The van der Waals surface area contributed by atoms with Crippen molar-refractivity contribution in [3.63, 3.8) is 0 Å². The van der Waals surface area contributed by atoms with Crippen molar-refractivity contribution >= 4 is 11.0 Å². The minimum atomic E-state index is -0.797. The number of phenols is 2. The van der Waals surface area contributed by atoms with E-state index in [1.165, 1.54) is 12.1 Å². The zero-order valence-corrected chi connectivity index (χ0v) is 23.7. The van der Waals surface area contributed by atoms with E-state index in [-0.39, 0.29) is 46.5 Å². The Labute approximate surface area is 239 Å². The van der Waals surface area contributed by atoms with E-state index in [0.29, 0.717) is 48.8 Å². The smallest absolute Gasteiger partial charge is 0.238 e. The van der Waals surface area contributed by atoms with Crippen molar-refractivity contribution < 1.29 is 29.6 Å². The molecule has 216 valence electrons. The topological polar surface area (TPSA) is 120 Å². The van der Waals surface area contributed by atoms with E-state index in [4.69, 9.17) is 9.15 Å². The molecule has 1 heterocycles. The molecular weight excluding hydrogens is 520 g/mol. The van der Waals surface area contributed by atoms with Crippen molar-refractivity contribution in [1.29, 1.82) is 0 Å². The van der Waals surface area contributed by atoms with Gasteiger partial charge in [0.15, 0.2) is 5.76 Å². The molecule has 0 bridgehead atoms. The highest BCUT2D eigenvalue weighted by Crippen LogP contribution is 2.39. The lowest BCUT2D eigenvalue weighted by Gasteiger charge is -2.31. The van der Waals surface area contributed by atoms with Gasteiger partial charge >= 0.3 is 0 Å². The van der Waals surface area contributed by atoms with E-state index < -0.39 is 16.8 Å². The molecule has 0 radical (unpaired) electrons. The summed E-state index contributed by atoms with van der Waals surface area (Å²) in [5, 5.41) is 43.5. The van der Waals surface area contributed by atoms with Gasteiger partial charge in [0.2, 0.25) is 11.2 Å². The van der Waals surface area contributed by atoms with Gasteiger partial charge in [-0.05, 0) is 54.0 Å². The summed E-state index contributed by atoms with van der Waals surface area (Å²) < 4.78 is 12.0. The summed E-state index contributed by atoms with van der Waals surface area (Å²) in [5.74, 6) is -0.255. The van der Waals surface area contributed by atoms with E-state index in [9.17, 15) is 25.2 Å². The van der Waals surface area contributed by atoms with Crippen LogP contribution in [0.3, 0.4) is 0 Å². The Morgan fingerprint density at radius 1 is 0.927 bits per heavy atom. The van der Waals surface area contributed by atoms with Crippen LogP contribution in [-0.4, -0.2) is 32.6 Å². The lowest BCUT2D eigenvalue weighted by atomic mass is 9.83. The Morgan fingerprint density at radius 2 is 1.63 bits per heavy atom. The second-order valence-corrected chi connectivity index (χ2v) is 11.7. The van der Waals surface area contributed by atoms with Crippen molar-refractivity contribution in [3.05, 3.63) is 81.5 Å². The first-order valence-corrected chi connectivity index (χ1v) is 14.4. The first-order valence-electron chi connectivity index (χ1n) is 14.4. The number of rotatable bonds is 9. The molecule has 41 heavy (non-hydrogen) atoms. The van der Waals surface area contributed by atoms with Gasteiger partial charge in [0.25, 0.3) is 0 Å². The number of fused-ring (bicyclic) bond motifs is 1. The fourth-order valence-corrected chi connectivity index (χ4v) is 5.82. The second-order valence-electron chi connectivity index (χ2n) is 11.7. The van der Waals surface area contributed by atoms with Crippen molar-refractivity contribution in [2.75, 3.05) is 6.61 Å². The van der Waals surface area contributed by atoms with E-state index in [2.05, 4.69) is 0 Å². The fraction of sp³-hybridized carbons (Fsp3) is 0.382. The normalized spacial score (nSPS) is 14.9. The molecule has 7 nitrogen and oxygen atoms in total. The zero-order chi connectivity index (χ0) is 29.1. The van der Waals surface area contributed by atoms with Crippen LogP contribution in [0.2, 0.25) is 0 Å². The Hall–Kier alpha value is -3.97. The zero-order valence-electron chi connectivity index (χ0n) is 23.7. The average Bonchev–Trinajstić information content (AvgIpc) is 2.93. The molecule has 7 heteroatoms. The molecule has 0 spiro atoms. The molecule has 1 aliphatic rings. The third-order valence-electron chi connectivity index (χ3n) is 7.92. The Bertz CT molecular complexity index is 1580. The third kappa shape index (κ3) is 6.35. The van der Waals surface area contributed by atoms with Crippen LogP contribution in [0.15, 0.2) is 63.8 Å². The molecule has 0 unspecified atom stereocenters. The Morgan fingerprint density at radius 3 is 2.34 bits per heavy atom. The highest BCUT2D eigenvalue weighted by molar-refractivity contribution is 5.88. The summed E-state index contributed by atoms with van der Waals surface area (Å²) in [7, 11) is 0. The van der Waals surface area contributed by atoms with Crippen molar-refractivity contribution in [3.8, 4) is 34.3 Å². The molecule has 0 atom stereocenters. The maximum atomic E-state index is 13.5. The summed E-state index contributed by atoms with van der Waals surface area (Å²) in [6.45, 7) is 4.25. The molecule has 1 saturated carbocycles. The highest BCUT2D eigenvalue weighted by atomic mass is 16.5. The lowest BCUT2D eigenvalue weighted by Crippen LogP contribution is -2.33. The minimum Gasteiger partial charge on any atom is -0.508 e. The molecule has 1 aliphatic carbocycles. The van der Waals surface area contributed by atoms with Crippen molar-refractivity contribution in [2.45, 2.75) is 70.8 Å². The molecular formula is C34H38O7. The van der Waals surface area contributed by atoms with Crippen LogP contribution in [-0.2, 0) is 12.8 Å². The third-order valence-corrected chi connectivity index (χ3v) is 7.92. The van der Waals surface area contributed by atoms with Gasteiger partial charge in [-0.15, -0.1) is 0 Å². The largest absolute Gasteiger partial charge is 0.508 e. The SMILES string of the molecule is CC(C)Cc1cc(-c2oc3cc(O)cc(OCCC4(O)CCCCC4)c3c(=O)c2O)cc(Cc2ccccc2)c1O. The van der Waals surface area contributed by atoms with Crippen LogP contribution in [0.25, 0.3) is 22.3 Å². The van der Waals surface area contributed by atoms with E-state index >= 15 is 0 Å². The summed E-state index contributed by atoms with van der Waals surface area (Å²) in [4.78, 5) is 13.5. The number of aromatic hydroxyl groups is 3. The number of hydrogen-bond donors (Lipinski definition) is 4. The first kappa shape index (κ1) is 28.6. The van der Waals surface area contributed by atoms with Gasteiger partial charge in [-0.2, -0.15) is 0 Å². The molecule has 3 aromatic carbocycles. The molecule has 0 amide bonds. The quantitative estimate of drug-likeness (QED) is 0.178. The van der Waals surface area contributed by atoms with Gasteiger partial charge < -0.3 is 29.6 Å². The van der Waals surface area contributed by atoms with Crippen molar-refractivity contribution in [2.24, 2.45) is 5.92 Å². The number of ether oxygens (including phenoxy) is 1. The summed E-state index contributed by atoms with van der Waals surface area (Å²) >= 11 is 0. The molecule has 4 N–H and O–H groups in total. The fourth-order valence-electron chi connectivity index (χ4n) is 5.82. The Kier molecular flexibility index (Phi) is 8.27. The van der Waals surface area contributed by atoms with Crippen LogP contribution < -0.4 is 10.2 Å². The van der Waals surface area contributed by atoms with Crippen LogP contribution in [0, 0.1) is 5.92 Å². The van der Waals surface area contributed by atoms with Crippen LogP contribution in [0.1, 0.15) is 69.1 Å². The summed E-state index contributed by atoms with van der Waals surface area (Å²) in [5.41, 5.74) is 1.37. The molecule has 0 saturated heterocycles. The lowest BCUT2D eigenvalue weighted by molar-refractivity contribution is -0.0134. The van der Waals surface area contributed by atoms with Gasteiger partial charge in [-0.1, -0.05) is 63.4 Å². The monoisotopic (exact) mass is 558 g/mol. The van der Waals surface area contributed by atoms with Gasteiger partial charge in [-0.3, -0.25) is 4.79 Å². The predicted octanol–water partition coefficient (Wildman–Crippen LogP) is 6.83. The molecule has 4 aromatic rings. The van der Waals surface area contributed by atoms with Gasteiger partial charge in [0.1, 0.15) is 28.2 Å². The maximum absolute atomic E-state index is 13.5. The summed E-state index contributed by atoms with van der Waals surface area (Å²) in [6.07, 6.45) is 5.90. The summed E-state index contributed by atoms with van der Waals surface area (Å²) in [6, 6.07) is 15.8. The van der Waals surface area contributed by atoms with E-state index in [1.807, 2.05) is 44.2 Å². The standard InChI is InChI=1S/C34H38O7/c1-21(2)15-23-17-25(18-24(30(23)36)16-22-9-5-3-6-10-22)33-32(38)31(37)29-27(19-26(35)20-28(29)41-33)40-14-13-34(39)11-7-4-8-12-34/h3,5-6,9-10,17-21,35-36,38-39H,4,7-8,11-16H2,1-2H3. The minimum absolute atomic E-state index is 0.0189. The average molecular weight is 559 g/mol. The van der Waals surface area contributed by atoms with Crippen molar-refractivity contribution in [1.82, 2.24) is 0 Å². The second kappa shape index (κ2) is 11.9. The van der Waals surface area contributed by atoms with Crippen LogP contribution in [0.4, 0.5) is 0 Å². The van der Waals surface area contributed by atoms with Gasteiger partial charge in [-0.25, -0.2) is 0 Å². The van der Waals surface area contributed by atoms with E-state index in [0.717, 1.165) is 24.8 Å². The van der Waals surface area contributed by atoms with Gasteiger partial charge in [0, 0.05) is 30.5 Å². The first-order chi connectivity index (χ1) is 19.6. The highest BCUT2D eigenvalue weighted by Gasteiger charge is 2.29. The maximum Gasteiger partial charge on any atom is 0.238 e. The van der Waals surface area contributed by atoms with Crippen LogP contribution in [0.5, 0.6) is 23.0 Å². The number of hydrogen-bond acceptors (Lipinski definition) is 7. The molecule has 1 fully saturated rings. The van der Waals surface area contributed by atoms with E-state index in [1.54, 1.807) is 12.1 Å². The molecule has 0 aliphatic heterocycles. The number of aliphatic hydroxyl groups is 1. The predicted molar refractivity (Wildman–Crippen MR) is 159 cm³/mol. The molecule has 5 rings (SSSR count). The molecule has 1 aromatic heterocycles. The number of benzene rings is 3. The van der Waals surface area contributed by atoms with Crippen LogP contribution >= 0.6 is 0 Å². The number of phenolic OH excluding ortho intramolecular Hbond substituents is 2. The van der Waals surface area contributed by atoms with Gasteiger partial charge in [0.05, 0.1) is 12.2 Å².